The standard InChI is InChI=1S/C17H26ClN3O4S/c1-6-21(7-2)26(24,25)13-8-9-14(18)15(10-13)20-17(23)16(11(3)4)19-12(5)22/h8-11,16H,6-7H2,1-5H3,(H,19,22)(H,20,23). The lowest BCUT2D eigenvalue weighted by atomic mass is 10.0. The van der Waals surface area contributed by atoms with E-state index in [2.05, 4.69) is 10.6 Å². The van der Waals surface area contributed by atoms with E-state index in [1.165, 1.54) is 29.4 Å². The van der Waals surface area contributed by atoms with E-state index in [0.717, 1.165) is 0 Å². The van der Waals surface area contributed by atoms with Crippen molar-refractivity contribution in [3.63, 3.8) is 0 Å². The first-order valence-electron chi connectivity index (χ1n) is 8.42. The van der Waals surface area contributed by atoms with Gasteiger partial charge < -0.3 is 10.6 Å². The molecule has 7 nitrogen and oxygen atoms in total. The molecule has 0 saturated heterocycles. The summed E-state index contributed by atoms with van der Waals surface area (Å²) in [6, 6.07) is 3.40. The highest BCUT2D eigenvalue weighted by atomic mass is 35.5. The number of nitrogens with one attached hydrogen (secondary N) is 2. The highest BCUT2D eigenvalue weighted by Crippen LogP contribution is 2.27. The van der Waals surface area contributed by atoms with Crippen molar-refractivity contribution < 1.29 is 18.0 Å². The van der Waals surface area contributed by atoms with E-state index in [1.807, 2.05) is 0 Å². The fourth-order valence-electron chi connectivity index (χ4n) is 2.44. The molecule has 9 heteroatoms. The molecule has 1 aromatic carbocycles. The van der Waals surface area contributed by atoms with Crippen molar-refractivity contribution in [2.75, 3.05) is 18.4 Å². The van der Waals surface area contributed by atoms with Gasteiger partial charge in [0.15, 0.2) is 0 Å². The quantitative estimate of drug-likeness (QED) is 0.696. The molecule has 1 atom stereocenters. The number of hydrogen-bond acceptors (Lipinski definition) is 4. The van der Waals surface area contributed by atoms with Crippen LogP contribution in [0.4, 0.5) is 5.69 Å². The van der Waals surface area contributed by atoms with Crippen molar-refractivity contribution in [3.05, 3.63) is 23.2 Å². The Morgan fingerprint density at radius 2 is 1.77 bits per heavy atom. The Kier molecular flexibility index (Phi) is 8.05. The molecule has 0 aromatic heterocycles. The zero-order valence-electron chi connectivity index (χ0n) is 15.7. The summed E-state index contributed by atoms with van der Waals surface area (Å²) >= 11 is 6.12. The highest BCUT2D eigenvalue weighted by molar-refractivity contribution is 7.89. The third kappa shape index (κ3) is 5.43. The minimum Gasteiger partial charge on any atom is -0.344 e. The Balaban J connectivity index is 3.18. The van der Waals surface area contributed by atoms with E-state index >= 15 is 0 Å². The van der Waals surface area contributed by atoms with Crippen molar-refractivity contribution in [1.29, 1.82) is 0 Å². The fraction of sp³-hybridized carbons (Fsp3) is 0.529. The second-order valence-corrected chi connectivity index (χ2v) is 8.49. The highest BCUT2D eigenvalue weighted by Gasteiger charge is 2.26. The number of hydrogen-bond donors (Lipinski definition) is 2. The van der Waals surface area contributed by atoms with Crippen LogP contribution in [0.3, 0.4) is 0 Å². The van der Waals surface area contributed by atoms with Crippen LogP contribution in [0.1, 0.15) is 34.6 Å². The van der Waals surface area contributed by atoms with Crippen LogP contribution < -0.4 is 10.6 Å². The van der Waals surface area contributed by atoms with E-state index in [4.69, 9.17) is 11.6 Å². The number of amides is 2. The van der Waals surface area contributed by atoms with Crippen molar-refractivity contribution in [2.45, 2.75) is 45.6 Å². The van der Waals surface area contributed by atoms with Crippen LogP contribution in [0.25, 0.3) is 0 Å². The minimum atomic E-state index is -3.68. The molecule has 0 radical (unpaired) electrons. The summed E-state index contributed by atoms with van der Waals surface area (Å²) in [6.07, 6.45) is 0. The molecule has 0 bridgehead atoms. The number of rotatable bonds is 8. The smallest absolute Gasteiger partial charge is 0.247 e. The number of sulfonamides is 1. The molecular weight excluding hydrogens is 378 g/mol. The Morgan fingerprint density at radius 1 is 1.19 bits per heavy atom. The van der Waals surface area contributed by atoms with Crippen LogP contribution >= 0.6 is 11.6 Å². The molecule has 1 aromatic rings. The van der Waals surface area contributed by atoms with E-state index < -0.39 is 22.0 Å². The van der Waals surface area contributed by atoms with E-state index in [0.29, 0.717) is 13.1 Å². The Labute approximate surface area is 160 Å². The zero-order valence-corrected chi connectivity index (χ0v) is 17.2. The summed E-state index contributed by atoms with van der Waals surface area (Å²) in [5.74, 6) is -0.947. The first-order valence-corrected chi connectivity index (χ1v) is 10.2. The number of anilines is 1. The summed E-state index contributed by atoms with van der Waals surface area (Å²) in [4.78, 5) is 23.9. The summed E-state index contributed by atoms with van der Waals surface area (Å²) < 4.78 is 26.6. The van der Waals surface area contributed by atoms with Gasteiger partial charge in [-0.1, -0.05) is 39.3 Å². The molecule has 1 unspecified atom stereocenters. The van der Waals surface area contributed by atoms with Crippen molar-refractivity contribution in [2.24, 2.45) is 5.92 Å². The van der Waals surface area contributed by atoms with Gasteiger partial charge in [-0.25, -0.2) is 8.42 Å². The minimum absolute atomic E-state index is 0.0431. The topological polar surface area (TPSA) is 95.6 Å². The maximum Gasteiger partial charge on any atom is 0.247 e. The molecule has 2 N–H and O–H groups in total. The van der Waals surface area contributed by atoms with Gasteiger partial charge >= 0.3 is 0 Å². The van der Waals surface area contributed by atoms with Crippen molar-refractivity contribution >= 4 is 39.1 Å². The maximum absolute atomic E-state index is 12.6. The Bertz CT molecular complexity index is 761. The Hall–Kier alpha value is -1.64. The van der Waals surface area contributed by atoms with Gasteiger partial charge in [0.1, 0.15) is 6.04 Å². The molecule has 2 amide bonds. The number of carbonyl (C=O) groups excluding carboxylic acids is 2. The first kappa shape index (κ1) is 22.4. The molecule has 0 saturated carbocycles. The molecule has 0 aliphatic heterocycles. The fourth-order valence-corrected chi connectivity index (χ4v) is 4.09. The second-order valence-electron chi connectivity index (χ2n) is 6.14. The predicted molar refractivity (Wildman–Crippen MR) is 103 cm³/mol. The lowest BCUT2D eigenvalue weighted by Crippen LogP contribution is -2.46. The lowest BCUT2D eigenvalue weighted by molar-refractivity contribution is -0.126. The molecule has 1 rings (SSSR count). The molecule has 0 spiro atoms. The van der Waals surface area contributed by atoms with Crippen molar-refractivity contribution in [1.82, 2.24) is 9.62 Å². The predicted octanol–water partition coefficient (Wildman–Crippen LogP) is 2.47. The van der Waals surface area contributed by atoms with Crippen LogP contribution in [-0.2, 0) is 19.6 Å². The summed E-state index contributed by atoms with van der Waals surface area (Å²) in [7, 11) is -3.68. The van der Waals surface area contributed by atoms with Gasteiger partial charge in [-0.3, -0.25) is 9.59 Å². The largest absolute Gasteiger partial charge is 0.344 e. The molecule has 0 fully saturated rings. The number of halogens is 1. The van der Waals surface area contributed by atoms with Gasteiger partial charge in [0.05, 0.1) is 15.6 Å². The second kappa shape index (κ2) is 9.34. The number of nitrogens with zero attached hydrogens (tertiary/aromatic N) is 1. The molecule has 146 valence electrons. The lowest BCUT2D eigenvalue weighted by Gasteiger charge is -2.22. The molecular formula is C17H26ClN3O4S. The van der Waals surface area contributed by atoms with Gasteiger partial charge in [-0.05, 0) is 24.1 Å². The summed E-state index contributed by atoms with van der Waals surface area (Å²) in [5.41, 5.74) is 0.181. The van der Waals surface area contributed by atoms with Gasteiger partial charge in [0, 0.05) is 20.0 Å². The monoisotopic (exact) mass is 403 g/mol. The third-order valence-corrected chi connectivity index (χ3v) is 6.22. The van der Waals surface area contributed by atoms with E-state index in [-0.39, 0.29) is 27.4 Å². The van der Waals surface area contributed by atoms with Gasteiger partial charge in [0.2, 0.25) is 21.8 Å². The molecule has 0 heterocycles. The normalized spacial score (nSPS) is 12.9. The zero-order chi connectivity index (χ0) is 20.1. The molecule has 0 aliphatic rings. The number of benzene rings is 1. The van der Waals surface area contributed by atoms with Crippen LogP contribution in [0.5, 0.6) is 0 Å². The van der Waals surface area contributed by atoms with Gasteiger partial charge in [-0.15, -0.1) is 0 Å². The van der Waals surface area contributed by atoms with E-state index in [1.54, 1.807) is 27.7 Å². The van der Waals surface area contributed by atoms with Crippen LogP contribution in [-0.4, -0.2) is 43.7 Å². The average molecular weight is 404 g/mol. The number of carbonyl (C=O) groups is 2. The summed E-state index contributed by atoms with van der Waals surface area (Å²) in [5, 5.41) is 5.41. The van der Waals surface area contributed by atoms with Crippen LogP contribution in [0, 0.1) is 5.92 Å². The van der Waals surface area contributed by atoms with E-state index in [9.17, 15) is 18.0 Å². The first-order chi connectivity index (χ1) is 12.0. The van der Waals surface area contributed by atoms with Crippen molar-refractivity contribution in [3.8, 4) is 0 Å². The van der Waals surface area contributed by atoms with Gasteiger partial charge in [-0.2, -0.15) is 4.31 Å². The summed E-state index contributed by atoms with van der Waals surface area (Å²) in [6.45, 7) is 9.09. The Morgan fingerprint density at radius 3 is 2.23 bits per heavy atom. The average Bonchev–Trinajstić information content (AvgIpc) is 2.54. The maximum atomic E-state index is 12.6. The van der Waals surface area contributed by atoms with Gasteiger partial charge in [0.25, 0.3) is 0 Å². The third-order valence-electron chi connectivity index (χ3n) is 3.85. The SMILES string of the molecule is CCN(CC)S(=O)(=O)c1ccc(Cl)c(NC(=O)C(NC(C)=O)C(C)C)c1. The van der Waals surface area contributed by atoms with Crippen LogP contribution in [0.2, 0.25) is 5.02 Å². The molecule has 26 heavy (non-hydrogen) atoms. The van der Waals surface area contributed by atoms with Crippen LogP contribution in [0.15, 0.2) is 23.1 Å². The molecule has 0 aliphatic carbocycles.